The van der Waals surface area contributed by atoms with Crippen LogP contribution in [0.3, 0.4) is 0 Å². The predicted octanol–water partition coefficient (Wildman–Crippen LogP) is 3.06. The van der Waals surface area contributed by atoms with Crippen LogP contribution >= 0.6 is 0 Å². The predicted molar refractivity (Wildman–Crippen MR) is 109 cm³/mol. The molecule has 0 saturated heterocycles. The Morgan fingerprint density at radius 3 is 2.37 bits per heavy atom. The van der Waals surface area contributed by atoms with Crippen molar-refractivity contribution in [1.82, 2.24) is 10.2 Å². The number of nitrogens with one attached hydrogen (secondary N) is 1. The third-order valence-corrected chi connectivity index (χ3v) is 4.54. The van der Waals surface area contributed by atoms with Crippen LogP contribution in [0.1, 0.15) is 25.0 Å². The minimum atomic E-state index is -0.554. The Hall–Kier alpha value is -2.08. The molecule has 0 fully saturated rings. The SMILES string of the molecule is COc1ccc(CNCc2ccccc2)cc1OCC(O)CN(C)C(C)C. The van der Waals surface area contributed by atoms with E-state index in [2.05, 4.69) is 36.2 Å². The molecule has 2 rings (SSSR count). The highest BCUT2D eigenvalue weighted by atomic mass is 16.5. The van der Waals surface area contributed by atoms with E-state index in [1.807, 2.05) is 43.4 Å². The summed E-state index contributed by atoms with van der Waals surface area (Å²) in [4.78, 5) is 2.09. The molecule has 0 bridgehead atoms. The number of rotatable bonds is 11. The van der Waals surface area contributed by atoms with Gasteiger partial charge in [0.1, 0.15) is 12.7 Å². The number of ether oxygens (including phenoxy) is 2. The van der Waals surface area contributed by atoms with E-state index in [9.17, 15) is 5.11 Å². The van der Waals surface area contributed by atoms with Crippen LogP contribution in [0.2, 0.25) is 0 Å². The van der Waals surface area contributed by atoms with Crippen LogP contribution in [0.15, 0.2) is 48.5 Å². The highest BCUT2D eigenvalue weighted by Crippen LogP contribution is 2.28. The molecule has 5 nitrogen and oxygen atoms in total. The van der Waals surface area contributed by atoms with E-state index >= 15 is 0 Å². The lowest BCUT2D eigenvalue weighted by Gasteiger charge is -2.24. The Bertz CT molecular complexity index is 677. The van der Waals surface area contributed by atoms with Crippen molar-refractivity contribution in [3.05, 3.63) is 59.7 Å². The van der Waals surface area contributed by atoms with Crippen LogP contribution in [0, 0.1) is 0 Å². The first-order chi connectivity index (χ1) is 13.0. The number of aliphatic hydroxyl groups is 1. The van der Waals surface area contributed by atoms with Crippen LogP contribution < -0.4 is 14.8 Å². The normalized spacial score (nSPS) is 12.4. The molecule has 2 aromatic rings. The van der Waals surface area contributed by atoms with E-state index in [4.69, 9.17) is 9.47 Å². The summed E-state index contributed by atoms with van der Waals surface area (Å²) in [6.07, 6.45) is -0.554. The Balaban J connectivity index is 1.90. The van der Waals surface area contributed by atoms with Crippen LogP contribution in [0.4, 0.5) is 0 Å². The summed E-state index contributed by atoms with van der Waals surface area (Å²) in [6.45, 7) is 6.54. The molecule has 0 aliphatic rings. The molecule has 0 spiro atoms. The zero-order valence-electron chi connectivity index (χ0n) is 16.8. The van der Waals surface area contributed by atoms with Gasteiger partial charge >= 0.3 is 0 Å². The monoisotopic (exact) mass is 372 g/mol. The average Bonchev–Trinajstić information content (AvgIpc) is 2.67. The van der Waals surface area contributed by atoms with E-state index in [1.165, 1.54) is 5.56 Å². The van der Waals surface area contributed by atoms with Gasteiger partial charge in [-0.15, -0.1) is 0 Å². The molecule has 5 heteroatoms. The standard InChI is InChI=1S/C22H32N2O3/c1-17(2)24(3)15-20(25)16-27-22-12-19(10-11-21(22)26-4)14-23-13-18-8-6-5-7-9-18/h5-12,17,20,23,25H,13-16H2,1-4H3. The van der Waals surface area contributed by atoms with Crippen LogP contribution in [0.25, 0.3) is 0 Å². The fourth-order valence-corrected chi connectivity index (χ4v) is 2.67. The van der Waals surface area contributed by atoms with Crippen LogP contribution in [0.5, 0.6) is 11.5 Å². The largest absolute Gasteiger partial charge is 0.493 e. The van der Waals surface area contributed by atoms with Crippen LogP contribution in [-0.2, 0) is 13.1 Å². The summed E-state index contributed by atoms with van der Waals surface area (Å²) < 4.78 is 11.2. The van der Waals surface area contributed by atoms with Gasteiger partial charge in [0.15, 0.2) is 11.5 Å². The number of hydrogen-bond acceptors (Lipinski definition) is 5. The van der Waals surface area contributed by atoms with E-state index in [1.54, 1.807) is 7.11 Å². The number of aliphatic hydroxyl groups excluding tert-OH is 1. The molecule has 148 valence electrons. The third kappa shape index (κ3) is 7.21. The minimum absolute atomic E-state index is 0.230. The van der Waals surface area contributed by atoms with E-state index in [0.717, 1.165) is 18.7 Å². The molecular formula is C22H32N2O3. The second kappa shape index (κ2) is 10.9. The summed E-state index contributed by atoms with van der Waals surface area (Å²) in [5, 5.41) is 13.6. The lowest BCUT2D eigenvalue weighted by Crippen LogP contribution is -2.37. The number of nitrogens with zero attached hydrogens (tertiary/aromatic N) is 1. The molecule has 27 heavy (non-hydrogen) atoms. The van der Waals surface area contributed by atoms with Crippen molar-refractivity contribution in [2.75, 3.05) is 27.3 Å². The summed E-state index contributed by atoms with van der Waals surface area (Å²) >= 11 is 0. The average molecular weight is 373 g/mol. The smallest absolute Gasteiger partial charge is 0.161 e. The van der Waals surface area contributed by atoms with Crippen molar-refractivity contribution in [2.24, 2.45) is 0 Å². The number of likely N-dealkylation sites (N-methyl/N-ethyl adjacent to an activating group) is 1. The molecular weight excluding hydrogens is 340 g/mol. The van der Waals surface area contributed by atoms with Crippen molar-refractivity contribution in [2.45, 2.75) is 39.1 Å². The molecule has 2 N–H and O–H groups in total. The lowest BCUT2D eigenvalue weighted by atomic mass is 10.2. The summed E-state index contributed by atoms with van der Waals surface area (Å²) in [7, 11) is 3.62. The van der Waals surface area contributed by atoms with Crippen molar-refractivity contribution < 1.29 is 14.6 Å². The highest BCUT2D eigenvalue weighted by molar-refractivity contribution is 5.43. The summed E-state index contributed by atoms with van der Waals surface area (Å²) in [5.41, 5.74) is 2.36. The number of hydrogen-bond donors (Lipinski definition) is 2. The fraction of sp³-hybridized carbons (Fsp3) is 0.455. The van der Waals surface area contributed by atoms with E-state index in [-0.39, 0.29) is 6.61 Å². The minimum Gasteiger partial charge on any atom is -0.493 e. The second-order valence-corrected chi connectivity index (χ2v) is 7.07. The molecule has 0 aliphatic carbocycles. The van der Waals surface area contributed by atoms with Gasteiger partial charge in [0.05, 0.1) is 7.11 Å². The van der Waals surface area contributed by atoms with Gasteiger partial charge in [-0.2, -0.15) is 0 Å². The quantitative estimate of drug-likeness (QED) is 0.635. The Labute approximate surface area is 162 Å². The fourth-order valence-electron chi connectivity index (χ4n) is 2.67. The lowest BCUT2D eigenvalue weighted by molar-refractivity contribution is 0.0668. The number of methoxy groups -OCH3 is 1. The zero-order chi connectivity index (χ0) is 19.6. The summed E-state index contributed by atoms with van der Waals surface area (Å²) in [6, 6.07) is 16.6. The maximum absolute atomic E-state index is 10.2. The molecule has 1 atom stereocenters. The second-order valence-electron chi connectivity index (χ2n) is 7.07. The molecule has 0 saturated carbocycles. The molecule has 0 amide bonds. The van der Waals surface area contributed by atoms with Crippen molar-refractivity contribution >= 4 is 0 Å². The first-order valence-corrected chi connectivity index (χ1v) is 9.42. The van der Waals surface area contributed by atoms with Gasteiger partial charge < -0.3 is 24.8 Å². The zero-order valence-corrected chi connectivity index (χ0v) is 16.8. The van der Waals surface area contributed by atoms with Gasteiger partial charge in [-0.1, -0.05) is 36.4 Å². The highest BCUT2D eigenvalue weighted by Gasteiger charge is 2.13. The van der Waals surface area contributed by atoms with Gasteiger partial charge in [0.2, 0.25) is 0 Å². The molecule has 0 heterocycles. The topological polar surface area (TPSA) is 54.0 Å². The molecule has 2 aromatic carbocycles. The first-order valence-electron chi connectivity index (χ1n) is 9.42. The van der Waals surface area contributed by atoms with Crippen LogP contribution in [-0.4, -0.2) is 49.5 Å². The van der Waals surface area contributed by atoms with Gasteiger partial charge in [-0.3, -0.25) is 0 Å². The molecule has 0 aromatic heterocycles. The Morgan fingerprint density at radius 1 is 1.00 bits per heavy atom. The third-order valence-electron chi connectivity index (χ3n) is 4.54. The molecule has 0 aliphatic heterocycles. The van der Waals surface area contributed by atoms with Crippen molar-refractivity contribution in [3.63, 3.8) is 0 Å². The van der Waals surface area contributed by atoms with Gasteiger partial charge in [-0.05, 0) is 44.2 Å². The summed E-state index contributed by atoms with van der Waals surface area (Å²) in [5.74, 6) is 1.33. The number of benzene rings is 2. The first kappa shape index (κ1) is 21.2. The van der Waals surface area contributed by atoms with E-state index < -0.39 is 6.10 Å². The Kier molecular flexibility index (Phi) is 8.58. The maximum atomic E-state index is 10.2. The van der Waals surface area contributed by atoms with E-state index in [0.29, 0.717) is 24.1 Å². The van der Waals surface area contributed by atoms with Gasteiger partial charge in [-0.25, -0.2) is 0 Å². The van der Waals surface area contributed by atoms with Gasteiger partial charge in [0.25, 0.3) is 0 Å². The molecule has 0 radical (unpaired) electrons. The maximum Gasteiger partial charge on any atom is 0.161 e. The van der Waals surface area contributed by atoms with Crippen molar-refractivity contribution in [3.8, 4) is 11.5 Å². The molecule has 1 unspecified atom stereocenters. The van der Waals surface area contributed by atoms with Gasteiger partial charge in [0, 0.05) is 25.7 Å². The van der Waals surface area contributed by atoms with Crippen molar-refractivity contribution in [1.29, 1.82) is 0 Å². The Morgan fingerprint density at radius 2 is 1.70 bits per heavy atom.